The molecule has 0 fully saturated rings. The van der Waals surface area contributed by atoms with Crippen molar-refractivity contribution in [1.82, 2.24) is 10.3 Å². The summed E-state index contributed by atoms with van der Waals surface area (Å²) in [7, 11) is 1.54. The van der Waals surface area contributed by atoms with Crippen molar-refractivity contribution < 1.29 is 19.4 Å². The van der Waals surface area contributed by atoms with Gasteiger partial charge >= 0.3 is 5.97 Å². The molecule has 0 radical (unpaired) electrons. The zero-order valence-electron chi connectivity index (χ0n) is 16.6. The fourth-order valence-corrected chi connectivity index (χ4v) is 3.41. The van der Waals surface area contributed by atoms with Crippen LogP contribution in [0.25, 0.3) is 11.3 Å². The molecule has 0 spiro atoms. The van der Waals surface area contributed by atoms with E-state index in [9.17, 15) is 14.7 Å². The van der Waals surface area contributed by atoms with Crippen molar-refractivity contribution in [2.45, 2.75) is 19.4 Å². The van der Waals surface area contributed by atoms with E-state index in [-0.39, 0.29) is 12.1 Å². The van der Waals surface area contributed by atoms with Gasteiger partial charge in [-0.25, -0.2) is 4.98 Å². The Hall–Kier alpha value is -3.38. The van der Waals surface area contributed by atoms with E-state index in [2.05, 4.69) is 10.3 Å². The predicted molar refractivity (Wildman–Crippen MR) is 115 cm³/mol. The first kappa shape index (κ1) is 21.3. The van der Waals surface area contributed by atoms with Crippen LogP contribution in [0.5, 0.6) is 5.75 Å². The number of aromatic nitrogens is 1. The Bertz CT molecular complexity index is 1080. The SMILES string of the molecule is COc1ccc(C(=O)N[C@@H](CC(=O)O)c2ccccc2Cl)nc1-c1cccc(C)c1. The standard InChI is InChI=1S/C23H21ClN2O4/c1-14-6-5-7-15(12-14)22-20(30-2)11-10-18(25-22)23(29)26-19(13-21(27)28)16-8-3-4-9-17(16)24/h3-12,19H,13H2,1-2H3,(H,26,29)(H,27,28)/t19-/m0/s1. The van der Waals surface area contributed by atoms with Crippen LogP contribution in [0.15, 0.2) is 60.7 Å². The summed E-state index contributed by atoms with van der Waals surface area (Å²) < 4.78 is 5.40. The van der Waals surface area contributed by atoms with E-state index in [1.165, 1.54) is 13.2 Å². The van der Waals surface area contributed by atoms with Crippen LogP contribution in [0.4, 0.5) is 0 Å². The minimum atomic E-state index is -1.05. The summed E-state index contributed by atoms with van der Waals surface area (Å²) in [5.74, 6) is -1.02. The minimum absolute atomic E-state index is 0.148. The minimum Gasteiger partial charge on any atom is -0.494 e. The highest BCUT2D eigenvalue weighted by atomic mass is 35.5. The molecule has 7 heteroatoms. The molecule has 0 saturated carbocycles. The van der Waals surface area contributed by atoms with Crippen LogP contribution < -0.4 is 10.1 Å². The molecule has 0 aliphatic heterocycles. The smallest absolute Gasteiger partial charge is 0.305 e. The van der Waals surface area contributed by atoms with E-state index in [4.69, 9.17) is 16.3 Å². The highest BCUT2D eigenvalue weighted by Crippen LogP contribution is 2.29. The maximum atomic E-state index is 12.9. The van der Waals surface area contributed by atoms with Crippen molar-refractivity contribution >= 4 is 23.5 Å². The number of nitrogens with one attached hydrogen (secondary N) is 1. The summed E-state index contributed by atoms with van der Waals surface area (Å²) in [5, 5.41) is 12.4. The Morgan fingerprint density at radius 2 is 1.90 bits per heavy atom. The third kappa shape index (κ3) is 4.96. The molecule has 30 heavy (non-hydrogen) atoms. The first-order valence-electron chi connectivity index (χ1n) is 9.28. The van der Waals surface area contributed by atoms with Crippen LogP contribution in [0.3, 0.4) is 0 Å². The largest absolute Gasteiger partial charge is 0.494 e. The summed E-state index contributed by atoms with van der Waals surface area (Å²) in [6.07, 6.45) is -0.309. The zero-order valence-corrected chi connectivity index (χ0v) is 17.3. The number of carboxylic acid groups (broad SMARTS) is 1. The normalized spacial score (nSPS) is 11.6. The first-order chi connectivity index (χ1) is 14.4. The number of nitrogens with zero attached hydrogens (tertiary/aromatic N) is 1. The van der Waals surface area contributed by atoms with Crippen LogP contribution in [0, 0.1) is 6.92 Å². The van der Waals surface area contributed by atoms with Gasteiger partial charge in [-0.3, -0.25) is 9.59 Å². The van der Waals surface area contributed by atoms with Gasteiger partial charge in [-0.1, -0.05) is 53.6 Å². The lowest BCUT2D eigenvalue weighted by molar-refractivity contribution is -0.137. The van der Waals surface area contributed by atoms with Gasteiger partial charge in [0.1, 0.15) is 17.1 Å². The van der Waals surface area contributed by atoms with Crippen LogP contribution in [0.1, 0.15) is 34.1 Å². The monoisotopic (exact) mass is 424 g/mol. The van der Waals surface area contributed by atoms with E-state index in [1.54, 1.807) is 30.3 Å². The van der Waals surface area contributed by atoms with Crippen molar-refractivity contribution in [3.05, 3.63) is 82.5 Å². The molecule has 3 aromatic rings. The third-order valence-corrected chi connectivity index (χ3v) is 4.91. The lowest BCUT2D eigenvalue weighted by Crippen LogP contribution is -2.31. The molecule has 2 aromatic carbocycles. The number of amides is 1. The summed E-state index contributed by atoms with van der Waals surface area (Å²) in [5.41, 5.74) is 3.07. The topological polar surface area (TPSA) is 88.5 Å². The fraction of sp³-hybridized carbons (Fsp3) is 0.174. The van der Waals surface area contributed by atoms with Gasteiger partial charge in [0, 0.05) is 10.6 Å². The number of benzene rings is 2. The van der Waals surface area contributed by atoms with Crippen molar-refractivity contribution in [1.29, 1.82) is 0 Å². The molecule has 0 saturated heterocycles. The van der Waals surface area contributed by atoms with Crippen molar-refractivity contribution in [3.8, 4) is 17.0 Å². The van der Waals surface area contributed by atoms with E-state index < -0.39 is 17.9 Å². The summed E-state index contributed by atoms with van der Waals surface area (Å²) in [4.78, 5) is 28.7. The number of hydrogen-bond acceptors (Lipinski definition) is 4. The maximum absolute atomic E-state index is 12.9. The van der Waals surface area contributed by atoms with Crippen molar-refractivity contribution in [2.75, 3.05) is 7.11 Å². The van der Waals surface area contributed by atoms with Gasteiger partial charge in [-0.2, -0.15) is 0 Å². The first-order valence-corrected chi connectivity index (χ1v) is 9.66. The van der Waals surface area contributed by atoms with E-state index in [1.807, 2.05) is 31.2 Å². The number of carboxylic acids is 1. The average Bonchev–Trinajstić information content (AvgIpc) is 2.72. The van der Waals surface area contributed by atoms with Crippen LogP contribution in [-0.2, 0) is 4.79 Å². The molecule has 0 unspecified atom stereocenters. The molecular weight excluding hydrogens is 404 g/mol. The second kappa shape index (κ2) is 9.41. The van der Waals surface area contributed by atoms with Gasteiger partial charge in [0.05, 0.1) is 19.6 Å². The zero-order chi connectivity index (χ0) is 21.7. The quantitative estimate of drug-likeness (QED) is 0.575. The van der Waals surface area contributed by atoms with E-state index in [0.717, 1.165) is 11.1 Å². The number of carbonyl (C=O) groups excluding carboxylic acids is 1. The van der Waals surface area contributed by atoms with E-state index >= 15 is 0 Å². The summed E-state index contributed by atoms with van der Waals surface area (Å²) in [6.45, 7) is 1.96. The van der Waals surface area contributed by atoms with Gasteiger partial charge in [0.15, 0.2) is 0 Å². The van der Waals surface area contributed by atoms with Crippen LogP contribution in [0.2, 0.25) is 5.02 Å². The maximum Gasteiger partial charge on any atom is 0.305 e. The number of pyridine rings is 1. The molecule has 1 atom stereocenters. The van der Waals surface area contributed by atoms with Gasteiger partial charge < -0.3 is 15.2 Å². The lowest BCUT2D eigenvalue weighted by atomic mass is 10.0. The molecule has 0 aliphatic rings. The molecule has 3 rings (SSSR count). The highest BCUT2D eigenvalue weighted by molar-refractivity contribution is 6.31. The fourth-order valence-electron chi connectivity index (χ4n) is 3.14. The molecule has 2 N–H and O–H groups in total. The number of hydrogen-bond donors (Lipinski definition) is 2. The number of halogens is 1. The van der Waals surface area contributed by atoms with Crippen molar-refractivity contribution in [2.24, 2.45) is 0 Å². The summed E-state index contributed by atoms with van der Waals surface area (Å²) >= 11 is 6.22. The molecule has 6 nitrogen and oxygen atoms in total. The Kier molecular flexibility index (Phi) is 6.69. The Balaban J connectivity index is 1.94. The Morgan fingerprint density at radius 1 is 1.13 bits per heavy atom. The van der Waals surface area contributed by atoms with Gasteiger partial charge in [0.2, 0.25) is 0 Å². The van der Waals surface area contributed by atoms with Crippen LogP contribution in [-0.4, -0.2) is 29.1 Å². The predicted octanol–water partition coefficient (Wildman–Crippen LogP) is 4.66. The van der Waals surface area contributed by atoms with Gasteiger partial charge in [-0.05, 0) is 36.8 Å². The van der Waals surface area contributed by atoms with Crippen molar-refractivity contribution in [3.63, 3.8) is 0 Å². The average molecular weight is 425 g/mol. The number of aryl methyl sites for hydroxylation is 1. The summed E-state index contributed by atoms with van der Waals surface area (Å²) in [6, 6.07) is 16.9. The molecule has 0 aliphatic carbocycles. The number of carbonyl (C=O) groups is 2. The highest BCUT2D eigenvalue weighted by Gasteiger charge is 2.22. The second-order valence-corrected chi connectivity index (χ2v) is 7.17. The number of aliphatic carboxylic acids is 1. The number of ether oxygens (including phenoxy) is 1. The molecular formula is C23H21ClN2O4. The molecule has 1 aromatic heterocycles. The molecule has 1 heterocycles. The van der Waals surface area contributed by atoms with E-state index in [0.29, 0.717) is 22.0 Å². The van der Waals surface area contributed by atoms with Gasteiger partial charge in [-0.15, -0.1) is 0 Å². The number of methoxy groups -OCH3 is 1. The molecule has 1 amide bonds. The Morgan fingerprint density at radius 3 is 2.57 bits per heavy atom. The van der Waals surface area contributed by atoms with Gasteiger partial charge in [0.25, 0.3) is 5.91 Å². The van der Waals surface area contributed by atoms with Crippen LogP contribution >= 0.6 is 11.6 Å². The third-order valence-electron chi connectivity index (χ3n) is 4.57. The lowest BCUT2D eigenvalue weighted by Gasteiger charge is -2.19. The Labute approximate surface area is 179 Å². The molecule has 154 valence electrons. The molecule has 0 bridgehead atoms. The second-order valence-electron chi connectivity index (χ2n) is 6.76. The number of rotatable bonds is 7.